The second kappa shape index (κ2) is 7.78. The third-order valence-electron chi connectivity index (χ3n) is 5.32. The molecule has 27 heavy (non-hydrogen) atoms. The van der Waals surface area contributed by atoms with Crippen molar-refractivity contribution in [3.63, 3.8) is 0 Å². The lowest BCUT2D eigenvalue weighted by atomic mass is 10.1. The maximum Gasteiger partial charge on any atom is 0.224 e. The summed E-state index contributed by atoms with van der Waals surface area (Å²) in [6.45, 7) is 3.43. The van der Waals surface area contributed by atoms with Crippen LogP contribution >= 0.6 is 0 Å². The minimum absolute atomic E-state index is 0.160. The lowest BCUT2D eigenvalue weighted by Gasteiger charge is -2.22. The van der Waals surface area contributed by atoms with E-state index in [0.29, 0.717) is 18.9 Å². The molecule has 3 aromatic rings. The number of para-hydroxylation sites is 2. The van der Waals surface area contributed by atoms with Crippen molar-refractivity contribution < 1.29 is 4.79 Å². The van der Waals surface area contributed by atoms with E-state index in [9.17, 15) is 4.79 Å². The Labute approximate surface area is 159 Å². The lowest BCUT2D eigenvalue weighted by Crippen LogP contribution is -2.33. The summed E-state index contributed by atoms with van der Waals surface area (Å²) in [4.78, 5) is 16.8. The van der Waals surface area contributed by atoms with Crippen LogP contribution in [0.1, 0.15) is 12.8 Å². The molecule has 1 saturated heterocycles. The average Bonchev–Trinajstić information content (AvgIpc) is 3.34. The van der Waals surface area contributed by atoms with Crippen molar-refractivity contribution in [2.75, 3.05) is 31.6 Å². The summed E-state index contributed by atoms with van der Waals surface area (Å²) in [6, 6.07) is 18.3. The highest BCUT2D eigenvalue weighted by atomic mass is 16.2. The summed E-state index contributed by atoms with van der Waals surface area (Å²) >= 11 is 0. The summed E-state index contributed by atoms with van der Waals surface area (Å²) in [5.41, 5.74) is 3.11. The van der Waals surface area contributed by atoms with E-state index in [1.807, 2.05) is 47.0 Å². The molecule has 0 bridgehead atoms. The van der Waals surface area contributed by atoms with Crippen LogP contribution < -0.4 is 4.90 Å². The predicted molar refractivity (Wildman–Crippen MR) is 107 cm³/mol. The highest BCUT2D eigenvalue weighted by molar-refractivity contribution is 5.77. The van der Waals surface area contributed by atoms with Crippen LogP contribution in [-0.4, -0.2) is 52.5 Å². The zero-order valence-electron chi connectivity index (χ0n) is 15.7. The Morgan fingerprint density at radius 3 is 2.78 bits per heavy atom. The van der Waals surface area contributed by atoms with Crippen LogP contribution in [0.4, 0.5) is 5.69 Å². The van der Waals surface area contributed by atoms with Gasteiger partial charge in [-0.2, -0.15) is 0 Å². The molecule has 1 atom stereocenters. The molecule has 2 aromatic carbocycles. The van der Waals surface area contributed by atoms with E-state index in [4.69, 9.17) is 0 Å². The maximum atomic E-state index is 12.6. The van der Waals surface area contributed by atoms with E-state index in [0.717, 1.165) is 37.1 Å². The van der Waals surface area contributed by atoms with Gasteiger partial charge in [0.15, 0.2) is 0 Å². The van der Waals surface area contributed by atoms with Crippen molar-refractivity contribution in [1.29, 1.82) is 0 Å². The van der Waals surface area contributed by atoms with Gasteiger partial charge in [-0.25, -0.2) is 4.68 Å². The van der Waals surface area contributed by atoms with E-state index >= 15 is 0 Å². The largest absolute Gasteiger partial charge is 0.371 e. The van der Waals surface area contributed by atoms with E-state index in [-0.39, 0.29) is 5.91 Å². The van der Waals surface area contributed by atoms with Crippen molar-refractivity contribution in [3.8, 4) is 0 Å². The van der Waals surface area contributed by atoms with Gasteiger partial charge in [0.25, 0.3) is 0 Å². The first-order valence-corrected chi connectivity index (χ1v) is 9.53. The van der Waals surface area contributed by atoms with Crippen molar-refractivity contribution in [2.45, 2.75) is 19.4 Å². The van der Waals surface area contributed by atoms with Crippen molar-refractivity contribution >= 4 is 22.6 Å². The number of aromatic nitrogens is 3. The van der Waals surface area contributed by atoms with Gasteiger partial charge >= 0.3 is 0 Å². The summed E-state index contributed by atoms with van der Waals surface area (Å²) in [6.07, 6.45) is 1.57. The Kier molecular flexibility index (Phi) is 5.05. The average molecular weight is 363 g/mol. The molecule has 0 N–H and O–H groups in total. The summed E-state index contributed by atoms with van der Waals surface area (Å²) < 4.78 is 1.81. The third-order valence-corrected chi connectivity index (χ3v) is 5.32. The number of carbonyl (C=O) groups excluding carboxylic acids is 1. The first-order chi connectivity index (χ1) is 13.2. The number of nitrogens with zero attached hydrogens (tertiary/aromatic N) is 5. The number of hydrogen-bond acceptors (Lipinski definition) is 4. The van der Waals surface area contributed by atoms with Gasteiger partial charge in [0.2, 0.25) is 5.91 Å². The van der Waals surface area contributed by atoms with Crippen LogP contribution in [0.15, 0.2) is 54.6 Å². The SMILES string of the molecule is CN(CC1CCN(c2ccccc2)C1)C(=O)CCn1nnc2ccccc21. The van der Waals surface area contributed by atoms with Gasteiger partial charge in [0, 0.05) is 38.8 Å². The third kappa shape index (κ3) is 3.94. The molecule has 1 unspecified atom stereocenters. The van der Waals surface area contributed by atoms with Gasteiger partial charge in [-0.1, -0.05) is 35.5 Å². The molecule has 0 aliphatic carbocycles. The molecule has 0 spiro atoms. The number of benzene rings is 2. The fourth-order valence-corrected chi connectivity index (χ4v) is 3.82. The normalized spacial score (nSPS) is 16.8. The molecule has 1 aliphatic rings. The van der Waals surface area contributed by atoms with Gasteiger partial charge in [-0.3, -0.25) is 4.79 Å². The Morgan fingerprint density at radius 1 is 1.15 bits per heavy atom. The molecule has 1 aromatic heterocycles. The molecule has 6 nitrogen and oxygen atoms in total. The molecule has 0 saturated carbocycles. The minimum atomic E-state index is 0.160. The number of aryl methyl sites for hydroxylation is 1. The minimum Gasteiger partial charge on any atom is -0.371 e. The van der Waals surface area contributed by atoms with E-state index < -0.39 is 0 Å². The second-order valence-corrected chi connectivity index (χ2v) is 7.26. The van der Waals surface area contributed by atoms with Gasteiger partial charge in [0.1, 0.15) is 5.52 Å². The predicted octanol–water partition coefficient (Wildman–Crippen LogP) is 2.81. The van der Waals surface area contributed by atoms with Crippen LogP contribution in [0.25, 0.3) is 11.0 Å². The molecular weight excluding hydrogens is 338 g/mol. The van der Waals surface area contributed by atoms with E-state index in [1.54, 1.807) is 0 Å². The van der Waals surface area contributed by atoms with Crippen LogP contribution in [0, 0.1) is 5.92 Å². The Balaban J connectivity index is 1.28. The maximum absolute atomic E-state index is 12.6. The smallest absolute Gasteiger partial charge is 0.224 e. The van der Waals surface area contributed by atoms with E-state index in [1.165, 1.54) is 5.69 Å². The molecule has 6 heteroatoms. The number of hydrogen-bond donors (Lipinski definition) is 0. The molecule has 2 heterocycles. The van der Waals surface area contributed by atoms with Crippen molar-refractivity contribution in [2.24, 2.45) is 5.92 Å². The van der Waals surface area contributed by atoms with E-state index in [2.05, 4.69) is 39.5 Å². The molecule has 140 valence electrons. The monoisotopic (exact) mass is 363 g/mol. The fourth-order valence-electron chi connectivity index (χ4n) is 3.82. The fraction of sp³-hybridized carbons (Fsp3) is 0.381. The molecule has 1 fully saturated rings. The molecule has 4 rings (SSSR count). The van der Waals surface area contributed by atoms with Crippen molar-refractivity contribution in [1.82, 2.24) is 19.9 Å². The van der Waals surface area contributed by atoms with Crippen LogP contribution in [0.5, 0.6) is 0 Å². The molecule has 1 aliphatic heterocycles. The Hall–Kier alpha value is -2.89. The van der Waals surface area contributed by atoms with Crippen LogP contribution in [-0.2, 0) is 11.3 Å². The highest BCUT2D eigenvalue weighted by Crippen LogP contribution is 2.24. The quantitative estimate of drug-likeness (QED) is 0.676. The van der Waals surface area contributed by atoms with Gasteiger partial charge in [-0.15, -0.1) is 5.10 Å². The second-order valence-electron chi connectivity index (χ2n) is 7.26. The zero-order chi connectivity index (χ0) is 18.6. The van der Waals surface area contributed by atoms with Gasteiger partial charge in [0.05, 0.1) is 12.1 Å². The van der Waals surface area contributed by atoms with Gasteiger partial charge in [-0.05, 0) is 36.6 Å². The highest BCUT2D eigenvalue weighted by Gasteiger charge is 2.25. The Morgan fingerprint density at radius 2 is 1.93 bits per heavy atom. The summed E-state index contributed by atoms with van der Waals surface area (Å²) in [7, 11) is 1.91. The molecule has 1 amide bonds. The first-order valence-electron chi connectivity index (χ1n) is 9.53. The van der Waals surface area contributed by atoms with Crippen LogP contribution in [0.2, 0.25) is 0 Å². The van der Waals surface area contributed by atoms with Crippen LogP contribution in [0.3, 0.4) is 0 Å². The first kappa shape index (κ1) is 17.5. The van der Waals surface area contributed by atoms with Crippen molar-refractivity contribution in [3.05, 3.63) is 54.6 Å². The molecule has 0 radical (unpaired) electrons. The number of anilines is 1. The van der Waals surface area contributed by atoms with Gasteiger partial charge < -0.3 is 9.80 Å². The number of fused-ring (bicyclic) bond motifs is 1. The number of amides is 1. The lowest BCUT2D eigenvalue weighted by molar-refractivity contribution is -0.130. The number of rotatable bonds is 6. The number of carbonyl (C=O) groups is 1. The standard InChI is InChI=1S/C21H25N5O/c1-24(15-17-11-13-25(16-17)18-7-3-2-4-8-18)21(27)12-14-26-20-10-6-5-9-19(20)22-23-26/h2-10,17H,11-16H2,1H3. The molecular formula is C21H25N5O. The summed E-state index contributed by atoms with van der Waals surface area (Å²) in [5.74, 6) is 0.680. The zero-order valence-corrected chi connectivity index (χ0v) is 15.7. The summed E-state index contributed by atoms with van der Waals surface area (Å²) in [5, 5.41) is 8.31. The topological polar surface area (TPSA) is 54.3 Å². The Bertz CT molecular complexity index is 907.